The van der Waals surface area contributed by atoms with E-state index in [0.717, 1.165) is 13.0 Å². The third-order valence-electron chi connectivity index (χ3n) is 2.68. The van der Waals surface area contributed by atoms with Gasteiger partial charge >= 0.3 is 0 Å². The molecule has 1 aromatic heterocycles. The van der Waals surface area contributed by atoms with Gasteiger partial charge < -0.3 is 5.32 Å². The van der Waals surface area contributed by atoms with Gasteiger partial charge in [0.05, 0.1) is 11.9 Å². The zero-order valence-corrected chi connectivity index (χ0v) is 10.0. The number of nitrogens with zero attached hydrogens (tertiary/aromatic N) is 1. The standard InChI is InChI=1S/C12H18N2S/c1-2-5-10(11-6-4-9-15-11)14-12-7-3-8-13-12/h4,6,9-10H,2-3,5,7-8H2,1H3,(H,13,14). The molecule has 1 N–H and O–H groups in total. The summed E-state index contributed by atoms with van der Waals surface area (Å²) >= 11 is 1.84. The lowest BCUT2D eigenvalue weighted by Crippen LogP contribution is -2.26. The van der Waals surface area contributed by atoms with E-state index in [0.29, 0.717) is 6.04 Å². The predicted octanol–water partition coefficient (Wildman–Crippen LogP) is 3.37. The first-order chi connectivity index (χ1) is 7.40. The van der Waals surface area contributed by atoms with Crippen LogP contribution >= 0.6 is 11.3 Å². The molecule has 0 amide bonds. The van der Waals surface area contributed by atoms with E-state index >= 15 is 0 Å². The van der Waals surface area contributed by atoms with Gasteiger partial charge in [-0.1, -0.05) is 19.4 Å². The number of aliphatic imine (C=N–C) groups is 1. The molecule has 0 aliphatic carbocycles. The Bertz CT molecular complexity index is 316. The summed E-state index contributed by atoms with van der Waals surface area (Å²) in [4.78, 5) is 5.91. The van der Waals surface area contributed by atoms with Crippen LogP contribution in [0.3, 0.4) is 0 Å². The maximum atomic E-state index is 4.48. The van der Waals surface area contributed by atoms with Crippen molar-refractivity contribution in [3.05, 3.63) is 22.4 Å². The van der Waals surface area contributed by atoms with Crippen molar-refractivity contribution in [3.63, 3.8) is 0 Å². The van der Waals surface area contributed by atoms with Crippen LogP contribution in [0.25, 0.3) is 0 Å². The van der Waals surface area contributed by atoms with E-state index in [2.05, 4.69) is 34.7 Å². The quantitative estimate of drug-likeness (QED) is 0.830. The molecule has 0 saturated heterocycles. The van der Waals surface area contributed by atoms with Crippen molar-refractivity contribution in [2.75, 3.05) is 6.54 Å². The Hall–Kier alpha value is -0.830. The number of hydrogen-bond donors (Lipinski definition) is 1. The van der Waals surface area contributed by atoms with Gasteiger partial charge in [0.15, 0.2) is 0 Å². The van der Waals surface area contributed by atoms with Gasteiger partial charge in [0, 0.05) is 17.8 Å². The Morgan fingerprint density at radius 2 is 2.53 bits per heavy atom. The van der Waals surface area contributed by atoms with Crippen LogP contribution in [-0.4, -0.2) is 12.4 Å². The second-order valence-corrected chi connectivity index (χ2v) is 4.91. The van der Waals surface area contributed by atoms with Crippen molar-refractivity contribution in [1.29, 1.82) is 0 Å². The lowest BCUT2D eigenvalue weighted by molar-refractivity contribution is 0.587. The molecule has 0 radical (unpaired) electrons. The minimum Gasteiger partial charge on any atom is -0.366 e. The zero-order chi connectivity index (χ0) is 10.5. The van der Waals surface area contributed by atoms with Crippen LogP contribution in [0.4, 0.5) is 0 Å². The van der Waals surface area contributed by atoms with Crippen LogP contribution in [0.5, 0.6) is 0 Å². The van der Waals surface area contributed by atoms with Gasteiger partial charge in [-0.05, 0) is 24.3 Å². The Labute approximate surface area is 95.4 Å². The molecule has 0 saturated carbocycles. The first-order valence-corrected chi connectivity index (χ1v) is 6.61. The second-order valence-electron chi connectivity index (χ2n) is 3.93. The highest BCUT2D eigenvalue weighted by Gasteiger charge is 2.15. The van der Waals surface area contributed by atoms with Crippen molar-refractivity contribution in [1.82, 2.24) is 5.32 Å². The molecule has 1 aliphatic heterocycles. The van der Waals surface area contributed by atoms with Crippen molar-refractivity contribution in [2.45, 2.75) is 38.6 Å². The van der Waals surface area contributed by atoms with Crippen LogP contribution in [0.15, 0.2) is 22.5 Å². The fraction of sp³-hybridized carbons (Fsp3) is 0.583. The number of nitrogens with one attached hydrogen (secondary N) is 1. The van der Waals surface area contributed by atoms with Gasteiger partial charge in [-0.3, -0.25) is 4.99 Å². The highest BCUT2D eigenvalue weighted by Crippen LogP contribution is 2.23. The lowest BCUT2D eigenvalue weighted by atomic mass is 10.1. The highest BCUT2D eigenvalue weighted by atomic mass is 32.1. The molecule has 1 aliphatic rings. The molecule has 15 heavy (non-hydrogen) atoms. The predicted molar refractivity (Wildman–Crippen MR) is 66.6 cm³/mol. The first kappa shape index (κ1) is 10.7. The van der Waals surface area contributed by atoms with Crippen LogP contribution in [0.2, 0.25) is 0 Å². The molecule has 82 valence electrons. The van der Waals surface area contributed by atoms with E-state index in [1.165, 1.54) is 30.0 Å². The lowest BCUT2D eigenvalue weighted by Gasteiger charge is -2.17. The molecule has 0 fully saturated rings. The summed E-state index contributed by atoms with van der Waals surface area (Å²) in [5.41, 5.74) is 0. The molecule has 3 heteroatoms. The molecule has 2 heterocycles. The van der Waals surface area contributed by atoms with Gasteiger partial charge in [0.2, 0.25) is 0 Å². The van der Waals surface area contributed by atoms with Crippen LogP contribution in [0, 0.1) is 0 Å². The Kier molecular flexibility index (Phi) is 3.78. The summed E-state index contributed by atoms with van der Waals surface area (Å²) in [6, 6.07) is 4.82. The van der Waals surface area contributed by atoms with E-state index in [1.54, 1.807) is 0 Å². The summed E-state index contributed by atoms with van der Waals surface area (Å²) in [7, 11) is 0. The van der Waals surface area contributed by atoms with Crippen molar-refractivity contribution in [2.24, 2.45) is 4.99 Å². The molecule has 2 nitrogen and oxygen atoms in total. The van der Waals surface area contributed by atoms with Crippen LogP contribution < -0.4 is 5.32 Å². The zero-order valence-electron chi connectivity index (χ0n) is 9.20. The number of thiophene rings is 1. The summed E-state index contributed by atoms with van der Waals surface area (Å²) in [6.45, 7) is 3.24. The Morgan fingerprint density at radius 1 is 1.60 bits per heavy atom. The molecule has 1 aromatic rings. The van der Waals surface area contributed by atoms with E-state index < -0.39 is 0 Å². The maximum absolute atomic E-state index is 4.48. The van der Waals surface area contributed by atoms with Crippen molar-refractivity contribution >= 4 is 17.2 Å². The minimum atomic E-state index is 0.479. The fourth-order valence-corrected chi connectivity index (χ4v) is 2.73. The molecule has 0 spiro atoms. The van der Waals surface area contributed by atoms with Crippen molar-refractivity contribution < 1.29 is 0 Å². The molecular formula is C12H18N2S. The molecule has 1 atom stereocenters. The average Bonchev–Trinajstić information content (AvgIpc) is 2.89. The molecule has 2 rings (SSSR count). The van der Waals surface area contributed by atoms with Crippen LogP contribution in [-0.2, 0) is 0 Å². The second kappa shape index (κ2) is 5.31. The van der Waals surface area contributed by atoms with Gasteiger partial charge in [-0.25, -0.2) is 0 Å². The number of amidine groups is 1. The normalized spacial score (nSPS) is 17.5. The topological polar surface area (TPSA) is 24.4 Å². The average molecular weight is 222 g/mol. The Morgan fingerprint density at radius 3 is 3.13 bits per heavy atom. The van der Waals surface area contributed by atoms with E-state index in [4.69, 9.17) is 0 Å². The molecule has 0 bridgehead atoms. The summed E-state index contributed by atoms with van der Waals surface area (Å²) < 4.78 is 0. The molecular weight excluding hydrogens is 204 g/mol. The highest BCUT2D eigenvalue weighted by molar-refractivity contribution is 7.10. The van der Waals surface area contributed by atoms with E-state index in [1.807, 2.05) is 11.3 Å². The molecule has 1 unspecified atom stereocenters. The van der Waals surface area contributed by atoms with Gasteiger partial charge in [0.25, 0.3) is 0 Å². The van der Waals surface area contributed by atoms with Crippen LogP contribution in [0.1, 0.15) is 43.5 Å². The van der Waals surface area contributed by atoms with Gasteiger partial charge in [-0.2, -0.15) is 0 Å². The summed E-state index contributed by atoms with van der Waals surface area (Å²) in [5.74, 6) is 1.21. The number of rotatable bonds is 4. The molecule has 0 aromatic carbocycles. The Balaban J connectivity index is 2.00. The maximum Gasteiger partial charge on any atom is 0.0968 e. The monoisotopic (exact) mass is 222 g/mol. The third-order valence-corrected chi connectivity index (χ3v) is 3.67. The van der Waals surface area contributed by atoms with E-state index in [-0.39, 0.29) is 0 Å². The first-order valence-electron chi connectivity index (χ1n) is 5.73. The largest absolute Gasteiger partial charge is 0.366 e. The summed E-state index contributed by atoms with van der Waals surface area (Å²) in [5, 5.41) is 5.73. The fourth-order valence-electron chi connectivity index (χ4n) is 1.92. The summed E-state index contributed by atoms with van der Waals surface area (Å²) in [6.07, 6.45) is 4.75. The number of hydrogen-bond acceptors (Lipinski definition) is 3. The van der Waals surface area contributed by atoms with Gasteiger partial charge in [0.1, 0.15) is 0 Å². The minimum absolute atomic E-state index is 0.479. The van der Waals surface area contributed by atoms with Gasteiger partial charge in [-0.15, -0.1) is 11.3 Å². The SMILES string of the molecule is CCCC(NC1=NCCC1)c1cccs1. The smallest absolute Gasteiger partial charge is 0.0968 e. The van der Waals surface area contributed by atoms with E-state index in [9.17, 15) is 0 Å². The third kappa shape index (κ3) is 2.81. The van der Waals surface area contributed by atoms with Crippen molar-refractivity contribution in [3.8, 4) is 0 Å².